The smallest absolute Gasteiger partial charge is 0.191 e. The van der Waals surface area contributed by atoms with E-state index in [1.807, 2.05) is 0 Å². The van der Waals surface area contributed by atoms with Gasteiger partial charge in [-0.3, -0.25) is 4.90 Å². The van der Waals surface area contributed by atoms with Gasteiger partial charge in [-0.05, 0) is 31.3 Å². The van der Waals surface area contributed by atoms with Crippen molar-refractivity contribution in [3.8, 4) is 0 Å². The molecule has 0 aromatic heterocycles. The van der Waals surface area contributed by atoms with Gasteiger partial charge in [0.15, 0.2) is 19.7 Å². The number of sulfone groups is 2. The average Bonchev–Trinajstić information content (AvgIpc) is 2.48. The summed E-state index contributed by atoms with van der Waals surface area (Å²) < 4.78 is 48.9. The molecule has 0 atom stereocenters. The molecule has 118 valence electrons. The lowest BCUT2D eigenvalue weighted by Crippen LogP contribution is -2.31. The van der Waals surface area contributed by atoms with Crippen LogP contribution in [0.5, 0.6) is 0 Å². The largest absolute Gasteiger partial charge is 0.278 e. The Balaban J connectivity index is 2.12. The minimum Gasteiger partial charge on any atom is -0.278 e. The molecule has 0 spiro atoms. The van der Waals surface area contributed by atoms with Gasteiger partial charge in [0.05, 0.1) is 9.79 Å². The summed E-state index contributed by atoms with van der Waals surface area (Å²) in [5.74, 6) is -0.716. The molecule has 0 aliphatic heterocycles. The summed E-state index contributed by atoms with van der Waals surface area (Å²) in [5.41, 5.74) is 0. The maximum Gasteiger partial charge on any atom is 0.191 e. The maximum absolute atomic E-state index is 12.2. The molecular weight excluding hydrogens is 322 g/mol. The number of rotatable bonds is 6. The molecule has 0 heterocycles. The summed E-state index contributed by atoms with van der Waals surface area (Å²) in [6.07, 6.45) is 0. The van der Waals surface area contributed by atoms with Crippen molar-refractivity contribution in [3.05, 3.63) is 60.7 Å². The minimum atomic E-state index is -3.55. The number of nitrogens with zero attached hydrogens (tertiary/aromatic N) is 1. The highest BCUT2D eigenvalue weighted by atomic mass is 32.2. The van der Waals surface area contributed by atoms with Crippen molar-refractivity contribution in [2.75, 3.05) is 18.8 Å². The quantitative estimate of drug-likeness (QED) is 0.802. The Morgan fingerprint density at radius 1 is 0.682 bits per heavy atom. The molecule has 0 N–H and O–H groups in total. The van der Waals surface area contributed by atoms with Crippen molar-refractivity contribution in [1.29, 1.82) is 0 Å². The van der Waals surface area contributed by atoms with E-state index in [2.05, 4.69) is 0 Å². The van der Waals surface area contributed by atoms with Crippen LogP contribution in [0.2, 0.25) is 0 Å². The van der Waals surface area contributed by atoms with Crippen LogP contribution in [0.3, 0.4) is 0 Å². The van der Waals surface area contributed by atoms with Crippen LogP contribution in [-0.2, 0) is 19.7 Å². The Morgan fingerprint density at radius 3 is 1.32 bits per heavy atom. The third kappa shape index (κ3) is 4.16. The van der Waals surface area contributed by atoms with E-state index in [1.165, 1.54) is 36.2 Å². The van der Waals surface area contributed by atoms with Crippen molar-refractivity contribution >= 4 is 19.7 Å². The molecule has 5 nitrogen and oxygen atoms in total. The van der Waals surface area contributed by atoms with E-state index >= 15 is 0 Å². The number of benzene rings is 2. The normalized spacial score (nSPS) is 12.5. The van der Waals surface area contributed by atoms with Gasteiger partial charge < -0.3 is 0 Å². The summed E-state index contributed by atoms with van der Waals surface area (Å²) in [4.78, 5) is 1.64. The van der Waals surface area contributed by atoms with E-state index in [4.69, 9.17) is 0 Å². The average molecular weight is 339 g/mol. The molecule has 2 rings (SSSR count). The molecule has 0 radical (unpaired) electrons. The zero-order valence-corrected chi connectivity index (χ0v) is 13.7. The Kier molecular flexibility index (Phi) is 5.00. The molecule has 22 heavy (non-hydrogen) atoms. The van der Waals surface area contributed by atoms with Crippen LogP contribution in [-0.4, -0.2) is 40.5 Å². The zero-order valence-electron chi connectivity index (χ0n) is 12.1. The molecule has 0 amide bonds. The van der Waals surface area contributed by atoms with E-state index in [0.717, 1.165) is 0 Å². The highest BCUT2D eigenvalue weighted by Gasteiger charge is 2.22. The van der Waals surface area contributed by atoms with Crippen LogP contribution in [0.1, 0.15) is 0 Å². The summed E-state index contributed by atoms with van der Waals surface area (Å²) in [7, 11) is -5.63. The van der Waals surface area contributed by atoms with Gasteiger partial charge in [0.25, 0.3) is 0 Å². The molecule has 0 aliphatic carbocycles. The fourth-order valence-electron chi connectivity index (χ4n) is 2.02. The van der Waals surface area contributed by atoms with Crippen LogP contribution in [0.25, 0.3) is 0 Å². The first-order valence-electron chi connectivity index (χ1n) is 6.55. The molecule has 7 heteroatoms. The molecule has 2 aromatic rings. The van der Waals surface area contributed by atoms with E-state index in [0.29, 0.717) is 0 Å². The highest BCUT2D eigenvalue weighted by Crippen LogP contribution is 2.14. The molecule has 0 aliphatic rings. The lowest BCUT2D eigenvalue weighted by Gasteiger charge is -2.17. The number of hydrogen-bond donors (Lipinski definition) is 0. The Bertz CT molecular complexity index is 745. The van der Waals surface area contributed by atoms with Gasteiger partial charge in [-0.25, -0.2) is 16.8 Å². The monoisotopic (exact) mass is 339 g/mol. The van der Waals surface area contributed by atoms with Gasteiger partial charge in [0.2, 0.25) is 0 Å². The van der Waals surface area contributed by atoms with E-state index in [-0.39, 0.29) is 21.5 Å². The fourth-order valence-corrected chi connectivity index (χ4v) is 4.92. The third-order valence-corrected chi connectivity index (χ3v) is 6.53. The molecule has 2 aromatic carbocycles. The Hall–Kier alpha value is -1.70. The molecule has 0 fully saturated rings. The minimum absolute atomic E-state index is 0.180. The highest BCUT2D eigenvalue weighted by molar-refractivity contribution is 7.92. The predicted octanol–water partition coefficient (Wildman–Crippen LogP) is 1.78. The van der Waals surface area contributed by atoms with E-state index in [1.54, 1.807) is 36.4 Å². The Morgan fingerprint density at radius 2 is 1.00 bits per heavy atom. The second-order valence-electron chi connectivity index (χ2n) is 4.97. The van der Waals surface area contributed by atoms with Crippen LogP contribution >= 0.6 is 0 Å². The van der Waals surface area contributed by atoms with Crippen molar-refractivity contribution in [2.24, 2.45) is 0 Å². The van der Waals surface area contributed by atoms with Crippen LogP contribution in [0.4, 0.5) is 0 Å². The Labute approximate surface area is 131 Å². The van der Waals surface area contributed by atoms with E-state index in [9.17, 15) is 16.8 Å². The summed E-state index contributed by atoms with van der Waals surface area (Å²) in [6.45, 7) is 0. The van der Waals surface area contributed by atoms with Crippen LogP contribution in [0, 0.1) is 0 Å². The van der Waals surface area contributed by atoms with E-state index < -0.39 is 19.7 Å². The topological polar surface area (TPSA) is 71.5 Å². The first kappa shape index (κ1) is 16.7. The molecular formula is C15H17NO4S2. The van der Waals surface area contributed by atoms with Gasteiger partial charge in [-0.15, -0.1) is 0 Å². The van der Waals surface area contributed by atoms with Gasteiger partial charge in [0.1, 0.15) is 11.8 Å². The first-order valence-corrected chi connectivity index (χ1v) is 9.86. The van der Waals surface area contributed by atoms with Gasteiger partial charge in [0, 0.05) is 0 Å². The van der Waals surface area contributed by atoms with Crippen molar-refractivity contribution in [3.63, 3.8) is 0 Å². The van der Waals surface area contributed by atoms with Gasteiger partial charge in [-0.1, -0.05) is 36.4 Å². The van der Waals surface area contributed by atoms with Crippen LogP contribution < -0.4 is 0 Å². The summed E-state index contributed by atoms with van der Waals surface area (Å²) >= 11 is 0. The SMILES string of the molecule is CN(CS(=O)(=O)c1ccccc1)CS(=O)(=O)c1ccccc1. The third-order valence-electron chi connectivity index (χ3n) is 2.99. The van der Waals surface area contributed by atoms with Gasteiger partial charge >= 0.3 is 0 Å². The standard InChI is InChI=1S/C15H17NO4S2/c1-16(12-21(17,18)14-8-4-2-5-9-14)13-22(19,20)15-10-6-3-7-11-15/h2-11H,12-13H2,1H3. The van der Waals surface area contributed by atoms with Crippen molar-refractivity contribution < 1.29 is 16.8 Å². The lowest BCUT2D eigenvalue weighted by molar-refractivity contribution is 0.430. The summed E-state index contributed by atoms with van der Waals surface area (Å²) in [6, 6.07) is 16.0. The second kappa shape index (κ2) is 6.60. The second-order valence-corrected chi connectivity index (χ2v) is 8.89. The fraction of sp³-hybridized carbons (Fsp3) is 0.200. The maximum atomic E-state index is 12.2. The predicted molar refractivity (Wildman–Crippen MR) is 84.8 cm³/mol. The summed E-state index contributed by atoms with van der Waals surface area (Å²) in [5, 5.41) is 0. The zero-order chi connectivity index (χ0) is 16.2. The lowest BCUT2D eigenvalue weighted by atomic mass is 10.4. The molecule has 0 unspecified atom stereocenters. The van der Waals surface area contributed by atoms with Crippen molar-refractivity contribution in [2.45, 2.75) is 9.79 Å². The van der Waals surface area contributed by atoms with Crippen molar-refractivity contribution in [1.82, 2.24) is 4.90 Å². The molecule has 0 saturated carbocycles. The number of hydrogen-bond acceptors (Lipinski definition) is 5. The first-order chi connectivity index (χ1) is 10.3. The molecule has 0 saturated heterocycles. The molecule has 0 bridgehead atoms. The van der Waals surface area contributed by atoms with Crippen LogP contribution in [0.15, 0.2) is 70.5 Å². The van der Waals surface area contributed by atoms with Gasteiger partial charge in [-0.2, -0.15) is 0 Å².